The topological polar surface area (TPSA) is 64.1 Å². The van der Waals surface area contributed by atoms with Crippen molar-refractivity contribution in [3.8, 4) is 5.88 Å². The number of anilines is 1. The van der Waals surface area contributed by atoms with E-state index in [1.54, 1.807) is 24.3 Å². The molecule has 6 heteroatoms. The predicted octanol–water partition coefficient (Wildman–Crippen LogP) is 3.30. The van der Waals surface area contributed by atoms with Gasteiger partial charge in [-0.15, -0.1) is 0 Å². The summed E-state index contributed by atoms with van der Waals surface area (Å²) in [6, 6.07) is 14.4. The van der Waals surface area contributed by atoms with Gasteiger partial charge in [0, 0.05) is 10.7 Å². The minimum atomic E-state index is -0.287. The van der Waals surface area contributed by atoms with Crippen LogP contribution in [0, 0.1) is 0 Å². The minimum Gasteiger partial charge on any atom is -0.467 e. The van der Waals surface area contributed by atoms with E-state index < -0.39 is 0 Å². The Balaban J connectivity index is 1.68. The third-order valence-electron chi connectivity index (χ3n) is 2.95. The van der Waals surface area contributed by atoms with Crippen molar-refractivity contribution in [2.24, 2.45) is 0 Å². The van der Waals surface area contributed by atoms with Crippen molar-refractivity contribution in [1.82, 2.24) is 9.97 Å². The SMILES string of the molecule is O=C(COc1ncnc2ccccc12)Nc1cccc(Cl)c1. The Morgan fingerprint density at radius 1 is 1.14 bits per heavy atom. The van der Waals surface area contributed by atoms with Crippen LogP contribution in [0.15, 0.2) is 54.9 Å². The van der Waals surface area contributed by atoms with Crippen LogP contribution >= 0.6 is 11.6 Å². The second-order valence-electron chi connectivity index (χ2n) is 4.54. The highest BCUT2D eigenvalue weighted by Gasteiger charge is 2.08. The Kier molecular flexibility index (Phi) is 4.16. The molecule has 0 aliphatic heterocycles. The number of nitrogens with zero attached hydrogens (tertiary/aromatic N) is 2. The summed E-state index contributed by atoms with van der Waals surface area (Å²) in [4.78, 5) is 20.1. The van der Waals surface area contributed by atoms with Gasteiger partial charge in [0.1, 0.15) is 6.33 Å². The molecule has 0 saturated carbocycles. The van der Waals surface area contributed by atoms with Crippen molar-refractivity contribution < 1.29 is 9.53 Å². The summed E-state index contributed by atoms with van der Waals surface area (Å²) < 4.78 is 5.49. The first-order valence-electron chi connectivity index (χ1n) is 6.60. The molecular formula is C16H12ClN3O2. The van der Waals surface area contributed by atoms with Crippen LogP contribution in [0.2, 0.25) is 5.02 Å². The van der Waals surface area contributed by atoms with Gasteiger partial charge in [0.25, 0.3) is 5.91 Å². The lowest BCUT2D eigenvalue weighted by Gasteiger charge is -2.08. The molecule has 2 aromatic carbocycles. The van der Waals surface area contributed by atoms with Crippen LogP contribution in [0.4, 0.5) is 5.69 Å². The fourth-order valence-corrected chi connectivity index (χ4v) is 2.18. The number of amides is 1. The molecule has 3 aromatic rings. The lowest BCUT2D eigenvalue weighted by molar-refractivity contribution is -0.118. The van der Waals surface area contributed by atoms with E-state index in [0.717, 1.165) is 10.9 Å². The standard InChI is InChI=1S/C16H12ClN3O2/c17-11-4-3-5-12(8-11)20-15(21)9-22-16-13-6-1-2-7-14(13)18-10-19-16/h1-8,10H,9H2,(H,20,21). The van der Waals surface area contributed by atoms with E-state index in [0.29, 0.717) is 16.6 Å². The van der Waals surface area contributed by atoms with E-state index in [1.807, 2.05) is 24.3 Å². The van der Waals surface area contributed by atoms with E-state index in [9.17, 15) is 4.79 Å². The van der Waals surface area contributed by atoms with Crippen LogP contribution < -0.4 is 10.1 Å². The molecule has 0 atom stereocenters. The fraction of sp³-hybridized carbons (Fsp3) is 0.0625. The zero-order valence-electron chi connectivity index (χ0n) is 11.5. The number of hydrogen-bond acceptors (Lipinski definition) is 4. The number of nitrogens with one attached hydrogen (secondary N) is 1. The fourth-order valence-electron chi connectivity index (χ4n) is 1.99. The summed E-state index contributed by atoms with van der Waals surface area (Å²) in [5, 5.41) is 4.03. The van der Waals surface area contributed by atoms with Crippen molar-refractivity contribution >= 4 is 34.1 Å². The van der Waals surface area contributed by atoms with Gasteiger partial charge in [0.05, 0.1) is 10.9 Å². The number of rotatable bonds is 4. The van der Waals surface area contributed by atoms with Gasteiger partial charge in [-0.25, -0.2) is 9.97 Å². The van der Waals surface area contributed by atoms with Gasteiger partial charge in [-0.3, -0.25) is 4.79 Å². The molecule has 1 amide bonds. The normalized spacial score (nSPS) is 10.4. The van der Waals surface area contributed by atoms with Gasteiger partial charge in [-0.05, 0) is 30.3 Å². The number of carbonyl (C=O) groups is 1. The van der Waals surface area contributed by atoms with Gasteiger partial charge in [0.15, 0.2) is 6.61 Å². The van der Waals surface area contributed by atoms with Crippen LogP contribution in [0.25, 0.3) is 10.9 Å². The molecule has 22 heavy (non-hydrogen) atoms. The number of para-hydroxylation sites is 1. The van der Waals surface area contributed by atoms with Crippen molar-refractivity contribution in [1.29, 1.82) is 0 Å². The molecule has 0 spiro atoms. The number of benzene rings is 2. The monoisotopic (exact) mass is 313 g/mol. The van der Waals surface area contributed by atoms with Crippen LogP contribution in [0.1, 0.15) is 0 Å². The number of hydrogen-bond donors (Lipinski definition) is 1. The molecule has 5 nitrogen and oxygen atoms in total. The maximum absolute atomic E-state index is 11.9. The van der Waals surface area contributed by atoms with Gasteiger partial charge >= 0.3 is 0 Å². The summed E-state index contributed by atoms with van der Waals surface area (Å²) in [6.45, 7) is -0.145. The largest absolute Gasteiger partial charge is 0.467 e. The van der Waals surface area contributed by atoms with Gasteiger partial charge in [-0.1, -0.05) is 29.8 Å². The van der Waals surface area contributed by atoms with Gasteiger partial charge < -0.3 is 10.1 Å². The van der Waals surface area contributed by atoms with E-state index >= 15 is 0 Å². The maximum Gasteiger partial charge on any atom is 0.262 e. The molecule has 0 bridgehead atoms. The average Bonchev–Trinajstić information content (AvgIpc) is 2.53. The Morgan fingerprint density at radius 2 is 2.00 bits per heavy atom. The molecule has 0 radical (unpaired) electrons. The lowest BCUT2D eigenvalue weighted by atomic mass is 10.2. The van der Waals surface area contributed by atoms with Crippen molar-refractivity contribution in [3.05, 3.63) is 59.9 Å². The molecule has 0 fully saturated rings. The summed E-state index contributed by atoms with van der Waals surface area (Å²) in [5.74, 6) is 0.0943. The van der Waals surface area contributed by atoms with Crippen molar-refractivity contribution in [2.75, 3.05) is 11.9 Å². The zero-order chi connectivity index (χ0) is 15.4. The zero-order valence-corrected chi connectivity index (χ0v) is 12.2. The third kappa shape index (κ3) is 3.32. The molecule has 0 unspecified atom stereocenters. The smallest absolute Gasteiger partial charge is 0.262 e. The summed E-state index contributed by atoms with van der Waals surface area (Å²) >= 11 is 5.87. The Morgan fingerprint density at radius 3 is 2.86 bits per heavy atom. The molecule has 0 saturated heterocycles. The Bertz CT molecular complexity index is 818. The van der Waals surface area contributed by atoms with Crippen LogP contribution in [-0.4, -0.2) is 22.5 Å². The number of ether oxygens (including phenoxy) is 1. The number of halogens is 1. The number of aromatic nitrogens is 2. The minimum absolute atomic E-state index is 0.145. The maximum atomic E-state index is 11.9. The quantitative estimate of drug-likeness (QED) is 0.802. The highest BCUT2D eigenvalue weighted by atomic mass is 35.5. The molecular weight excluding hydrogens is 302 g/mol. The van der Waals surface area contributed by atoms with Gasteiger partial charge in [-0.2, -0.15) is 0 Å². The van der Waals surface area contributed by atoms with E-state index in [1.165, 1.54) is 6.33 Å². The Hall–Kier alpha value is -2.66. The average molecular weight is 314 g/mol. The number of carbonyl (C=O) groups excluding carboxylic acids is 1. The van der Waals surface area contributed by atoms with Gasteiger partial charge in [0.2, 0.25) is 5.88 Å². The van der Waals surface area contributed by atoms with Crippen LogP contribution in [0.5, 0.6) is 5.88 Å². The van der Waals surface area contributed by atoms with Crippen LogP contribution in [-0.2, 0) is 4.79 Å². The molecule has 110 valence electrons. The van der Waals surface area contributed by atoms with Crippen molar-refractivity contribution in [3.63, 3.8) is 0 Å². The second kappa shape index (κ2) is 6.41. The predicted molar refractivity (Wildman–Crippen MR) is 85.1 cm³/mol. The molecule has 1 aromatic heterocycles. The summed E-state index contributed by atoms with van der Waals surface area (Å²) in [5.41, 5.74) is 1.39. The second-order valence-corrected chi connectivity index (χ2v) is 4.98. The molecule has 3 rings (SSSR count). The number of fused-ring (bicyclic) bond motifs is 1. The third-order valence-corrected chi connectivity index (χ3v) is 3.19. The first-order valence-corrected chi connectivity index (χ1v) is 6.98. The first kappa shape index (κ1) is 14.3. The lowest BCUT2D eigenvalue weighted by Crippen LogP contribution is -2.20. The highest BCUT2D eigenvalue weighted by molar-refractivity contribution is 6.30. The van der Waals surface area contributed by atoms with E-state index in [4.69, 9.17) is 16.3 Å². The van der Waals surface area contributed by atoms with E-state index in [-0.39, 0.29) is 12.5 Å². The molecule has 0 aliphatic rings. The highest BCUT2D eigenvalue weighted by Crippen LogP contribution is 2.20. The summed E-state index contributed by atoms with van der Waals surface area (Å²) in [6.07, 6.45) is 1.41. The summed E-state index contributed by atoms with van der Waals surface area (Å²) in [7, 11) is 0. The molecule has 0 aliphatic carbocycles. The molecule has 1 heterocycles. The van der Waals surface area contributed by atoms with Crippen molar-refractivity contribution in [2.45, 2.75) is 0 Å². The Labute approximate surface area is 131 Å². The van der Waals surface area contributed by atoms with Crippen LogP contribution in [0.3, 0.4) is 0 Å². The first-order chi connectivity index (χ1) is 10.7. The molecule has 1 N–H and O–H groups in total. The van der Waals surface area contributed by atoms with E-state index in [2.05, 4.69) is 15.3 Å².